The van der Waals surface area contributed by atoms with Crippen molar-refractivity contribution >= 4 is 27.5 Å². The molecule has 0 bridgehead atoms. The van der Waals surface area contributed by atoms with Crippen LogP contribution in [-0.2, 0) is 11.2 Å². The average Bonchev–Trinajstić information content (AvgIpc) is 2.38. The highest BCUT2D eigenvalue weighted by molar-refractivity contribution is 9.09. The number of rotatable bonds is 6. The van der Waals surface area contributed by atoms with Gasteiger partial charge in [-0.15, -0.1) is 0 Å². The zero-order chi connectivity index (χ0) is 12.8. The predicted molar refractivity (Wildman–Crippen MR) is 76.5 cm³/mol. The molecule has 2 rings (SSSR count). The number of anilines is 1. The SMILES string of the molecule is O=C1CCc2ccc(OCCCCCBr)cc2N1. The number of aryl methyl sites for hydroxylation is 1. The summed E-state index contributed by atoms with van der Waals surface area (Å²) in [6.45, 7) is 0.736. The van der Waals surface area contributed by atoms with E-state index in [9.17, 15) is 4.79 Å². The third-order valence-electron chi connectivity index (χ3n) is 3.02. The van der Waals surface area contributed by atoms with Crippen molar-refractivity contribution in [3.63, 3.8) is 0 Å². The predicted octanol–water partition coefficient (Wildman–Crippen LogP) is 3.52. The molecular weight excluding hydrogens is 294 g/mol. The monoisotopic (exact) mass is 311 g/mol. The Morgan fingerprint density at radius 2 is 2.11 bits per heavy atom. The van der Waals surface area contributed by atoms with Gasteiger partial charge in [0.05, 0.1) is 6.61 Å². The van der Waals surface area contributed by atoms with Crippen LogP contribution in [0.15, 0.2) is 18.2 Å². The molecule has 0 saturated carbocycles. The Morgan fingerprint density at radius 1 is 1.22 bits per heavy atom. The van der Waals surface area contributed by atoms with Crippen LogP contribution in [0.1, 0.15) is 31.2 Å². The molecule has 1 aromatic rings. The third-order valence-corrected chi connectivity index (χ3v) is 3.58. The molecule has 1 aliphatic heterocycles. The van der Waals surface area contributed by atoms with E-state index in [0.717, 1.165) is 36.2 Å². The van der Waals surface area contributed by atoms with Gasteiger partial charge in [-0.25, -0.2) is 0 Å². The van der Waals surface area contributed by atoms with Crippen LogP contribution < -0.4 is 10.1 Å². The summed E-state index contributed by atoms with van der Waals surface area (Å²) in [6.07, 6.45) is 4.83. The molecule has 1 amide bonds. The zero-order valence-electron chi connectivity index (χ0n) is 10.4. The molecule has 0 radical (unpaired) electrons. The van der Waals surface area contributed by atoms with Gasteiger partial charge < -0.3 is 10.1 Å². The summed E-state index contributed by atoms with van der Waals surface area (Å²) in [5.74, 6) is 0.937. The molecule has 1 N–H and O–H groups in total. The summed E-state index contributed by atoms with van der Waals surface area (Å²) >= 11 is 3.41. The fourth-order valence-corrected chi connectivity index (χ4v) is 2.40. The van der Waals surface area contributed by atoms with E-state index >= 15 is 0 Å². The highest BCUT2D eigenvalue weighted by Gasteiger charge is 2.14. The zero-order valence-corrected chi connectivity index (χ0v) is 12.0. The summed E-state index contributed by atoms with van der Waals surface area (Å²) in [4.78, 5) is 11.3. The number of carbonyl (C=O) groups is 1. The molecular formula is C14H18BrNO2. The van der Waals surface area contributed by atoms with E-state index in [-0.39, 0.29) is 5.91 Å². The highest BCUT2D eigenvalue weighted by Crippen LogP contribution is 2.27. The van der Waals surface area contributed by atoms with Crippen LogP contribution in [0.25, 0.3) is 0 Å². The van der Waals surface area contributed by atoms with Crippen molar-refractivity contribution in [2.24, 2.45) is 0 Å². The topological polar surface area (TPSA) is 38.3 Å². The summed E-state index contributed by atoms with van der Waals surface area (Å²) < 4.78 is 5.69. The Hall–Kier alpha value is -1.03. The highest BCUT2D eigenvalue weighted by atomic mass is 79.9. The number of hydrogen-bond acceptors (Lipinski definition) is 2. The van der Waals surface area contributed by atoms with Gasteiger partial charge in [0.25, 0.3) is 0 Å². The van der Waals surface area contributed by atoms with E-state index in [1.807, 2.05) is 18.2 Å². The second-order valence-corrected chi connectivity index (χ2v) is 5.26. The maximum Gasteiger partial charge on any atom is 0.224 e. The second kappa shape index (κ2) is 6.78. The molecule has 1 aliphatic rings. The van der Waals surface area contributed by atoms with Gasteiger partial charge in [0.1, 0.15) is 5.75 Å². The van der Waals surface area contributed by atoms with Crippen LogP contribution in [0.2, 0.25) is 0 Å². The Bertz CT molecular complexity index is 420. The molecule has 0 saturated heterocycles. The molecule has 0 fully saturated rings. The lowest BCUT2D eigenvalue weighted by atomic mass is 10.0. The molecule has 1 heterocycles. The molecule has 0 aromatic heterocycles. The van der Waals surface area contributed by atoms with Crippen molar-refractivity contribution in [2.75, 3.05) is 17.3 Å². The van der Waals surface area contributed by atoms with Gasteiger partial charge in [0, 0.05) is 23.5 Å². The first-order valence-electron chi connectivity index (χ1n) is 6.41. The molecule has 0 unspecified atom stereocenters. The van der Waals surface area contributed by atoms with Crippen molar-refractivity contribution in [3.8, 4) is 5.75 Å². The average molecular weight is 312 g/mol. The Morgan fingerprint density at radius 3 is 2.94 bits per heavy atom. The summed E-state index contributed by atoms with van der Waals surface area (Å²) in [5, 5.41) is 3.94. The van der Waals surface area contributed by atoms with Gasteiger partial charge >= 0.3 is 0 Å². The quantitative estimate of drug-likeness (QED) is 0.645. The maximum absolute atomic E-state index is 11.3. The number of unbranched alkanes of at least 4 members (excludes halogenated alkanes) is 2. The Balaban J connectivity index is 1.86. The lowest BCUT2D eigenvalue weighted by molar-refractivity contribution is -0.116. The van der Waals surface area contributed by atoms with Crippen molar-refractivity contribution < 1.29 is 9.53 Å². The summed E-state index contributed by atoms with van der Waals surface area (Å²) in [6, 6.07) is 5.96. The first-order chi connectivity index (χ1) is 8.79. The van der Waals surface area contributed by atoms with E-state index in [2.05, 4.69) is 21.2 Å². The summed E-state index contributed by atoms with van der Waals surface area (Å²) in [5.41, 5.74) is 2.10. The molecule has 3 nitrogen and oxygen atoms in total. The van der Waals surface area contributed by atoms with Crippen LogP contribution in [0, 0.1) is 0 Å². The number of nitrogens with one attached hydrogen (secondary N) is 1. The molecule has 18 heavy (non-hydrogen) atoms. The van der Waals surface area contributed by atoms with Crippen molar-refractivity contribution in [1.29, 1.82) is 0 Å². The minimum absolute atomic E-state index is 0.0944. The van der Waals surface area contributed by atoms with Crippen LogP contribution in [0.4, 0.5) is 5.69 Å². The number of ether oxygens (including phenoxy) is 1. The maximum atomic E-state index is 11.3. The van der Waals surface area contributed by atoms with E-state index in [4.69, 9.17) is 4.74 Å². The Labute approximate surface area is 116 Å². The molecule has 98 valence electrons. The Kier molecular flexibility index (Phi) is 5.05. The molecule has 0 aliphatic carbocycles. The van der Waals surface area contributed by atoms with Gasteiger partial charge in [-0.2, -0.15) is 0 Å². The van der Waals surface area contributed by atoms with E-state index in [1.165, 1.54) is 18.4 Å². The fourth-order valence-electron chi connectivity index (χ4n) is 2.00. The minimum Gasteiger partial charge on any atom is -0.494 e. The molecule has 4 heteroatoms. The van der Waals surface area contributed by atoms with Crippen LogP contribution in [0.3, 0.4) is 0 Å². The lowest BCUT2D eigenvalue weighted by Crippen LogP contribution is -2.18. The number of hydrogen-bond donors (Lipinski definition) is 1. The van der Waals surface area contributed by atoms with Gasteiger partial charge in [0.2, 0.25) is 5.91 Å². The van der Waals surface area contributed by atoms with Crippen LogP contribution in [0.5, 0.6) is 5.75 Å². The van der Waals surface area contributed by atoms with Crippen molar-refractivity contribution in [3.05, 3.63) is 23.8 Å². The first kappa shape index (κ1) is 13.4. The van der Waals surface area contributed by atoms with Gasteiger partial charge in [-0.1, -0.05) is 22.0 Å². The number of alkyl halides is 1. The van der Waals surface area contributed by atoms with Crippen LogP contribution >= 0.6 is 15.9 Å². The number of benzene rings is 1. The standard InChI is InChI=1S/C14H18BrNO2/c15-8-2-1-3-9-18-12-6-4-11-5-7-14(17)16-13(11)10-12/h4,6,10H,1-3,5,7-9H2,(H,16,17). The van der Waals surface area contributed by atoms with E-state index < -0.39 is 0 Å². The third kappa shape index (κ3) is 3.73. The van der Waals surface area contributed by atoms with Crippen molar-refractivity contribution in [1.82, 2.24) is 0 Å². The van der Waals surface area contributed by atoms with Gasteiger partial charge in [-0.3, -0.25) is 4.79 Å². The number of carbonyl (C=O) groups excluding carboxylic acids is 1. The first-order valence-corrected chi connectivity index (χ1v) is 7.53. The minimum atomic E-state index is 0.0944. The summed E-state index contributed by atoms with van der Waals surface area (Å²) in [7, 11) is 0. The molecule has 1 aromatic carbocycles. The van der Waals surface area contributed by atoms with Crippen molar-refractivity contribution in [2.45, 2.75) is 32.1 Å². The molecule has 0 atom stereocenters. The van der Waals surface area contributed by atoms with E-state index in [0.29, 0.717) is 6.42 Å². The number of halogens is 1. The normalized spacial score (nSPS) is 13.9. The smallest absolute Gasteiger partial charge is 0.224 e. The van der Waals surface area contributed by atoms with E-state index in [1.54, 1.807) is 0 Å². The van der Waals surface area contributed by atoms with Crippen LogP contribution in [-0.4, -0.2) is 17.8 Å². The number of fused-ring (bicyclic) bond motifs is 1. The second-order valence-electron chi connectivity index (χ2n) is 4.47. The molecule has 0 spiro atoms. The largest absolute Gasteiger partial charge is 0.494 e. The fraction of sp³-hybridized carbons (Fsp3) is 0.500. The van der Waals surface area contributed by atoms with Gasteiger partial charge in [-0.05, 0) is 37.3 Å². The van der Waals surface area contributed by atoms with Gasteiger partial charge in [0.15, 0.2) is 0 Å². The number of amides is 1. The lowest BCUT2D eigenvalue weighted by Gasteiger charge is -2.17.